The van der Waals surface area contributed by atoms with E-state index in [0.29, 0.717) is 12.3 Å². The molecule has 0 saturated heterocycles. The van der Waals surface area contributed by atoms with Gasteiger partial charge >= 0.3 is 5.97 Å². The van der Waals surface area contributed by atoms with E-state index in [1.807, 2.05) is 0 Å². The Kier molecular flexibility index (Phi) is 4.40. The van der Waals surface area contributed by atoms with Crippen molar-refractivity contribution in [3.05, 3.63) is 32.8 Å². The van der Waals surface area contributed by atoms with Crippen LogP contribution in [0.1, 0.15) is 11.8 Å². The largest absolute Gasteiger partial charge is 0.463 e. The molecule has 0 saturated carbocycles. The maximum Gasteiger partial charge on any atom is 0.330 e. The van der Waals surface area contributed by atoms with E-state index in [9.17, 15) is 4.79 Å². The molecule has 0 aliphatic rings. The normalized spacial score (nSPS) is 9.93. The van der Waals surface area contributed by atoms with E-state index in [2.05, 4.69) is 10.0 Å². The van der Waals surface area contributed by atoms with Crippen LogP contribution in [0.5, 0.6) is 0 Å². The number of nitrogens with zero attached hydrogens (tertiary/aromatic N) is 3. The highest BCUT2D eigenvalue weighted by molar-refractivity contribution is 7.11. The van der Waals surface area contributed by atoms with E-state index in [0.717, 1.165) is 4.88 Å². The van der Waals surface area contributed by atoms with Crippen LogP contribution in [-0.2, 0) is 9.53 Å². The van der Waals surface area contributed by atoms with Crippen molar-refractivity contribution in [1.29, 1.82) is 0 Å². The van der Waals surface area contributed by atoms with Crippen LogP contribution in [0, 0.1) is 0 Å². The highest BCUT2D eigenvalue weighted by Gasteiger charge is 1.99. The van der Waals surface area contributed by atoms with Gasteiger partial charge in [0.25, 0.3) is 0 Å². The molecule has 1 aromatic heterocycles. The van der Waals surface area contributed by atoms with Gasteiger partial charge in [-0.25, -0.2) is 4.79 Å². The van der Waals surface area contributed by atoms with Crippen LogP contribution < -0.4 is 0 Å². The molecule has 15 heavy (non-hydrogen) atoms. The fourth-order valence-electron chi connectivity index (χ4n) is 0.904. The van der Waals surface area contributed by atoms with Gasteiger partial charge in [0, 0.05) is 15.9 Å². The van der Waals surface area contributed by atoms with Gasteiger partial charge in [0.2, 0.25) is 0 Å². The third-order valence-electron chi connectivity index (χ3n) is 1.48. The molecule has 0 fully saturated rings. The molecule has 0 N–H and O–H groups in total. The molecule has 1 rings (SSSR count). The number of thiophene rings is 1. The van der Waals surface area contributed by atoms with Crippen molar-refractivity contribution in [2.75, 3.05) is 6.61 Å². The Bertz CT molecular complexity index is 419. The van der Waals surface area contributed by atoms with Gasteiger partial charge in [-0.1, -0.05) is 5.11 Å². The lowest BCUT2D eigenvalue weighted by molar-refractivity contribution is -0.137. The van der Waals surface area contributed by atoms with Crippen molar-refractivity contribution in [1.82, 2.24) is 0 Å². The predicted octanol–water partition coefficient (Wildman–Crippen LogP) is 3.27. The Labute approximate surface area is 90.6 Å². The van der Waals surface area contributed by atoms with Crippen LogP contribution >= 0.6 is 11.3 Å². The minimum atomic E-state index is -0.405. The summed E-state index contributed by atoms with van der Waals surface area (Å²) in [7, 11) is 0. The lowest BCUT2D eigenvalue weighted by Crippen LogP contribution is -1.98. The standard InChI is InChI=1S/C9H9N3O2S/c1-2-14-9(13)4-3-8-7(11-12-10)5-6-15-8/h3-6H,2H2,1H3/b4-3+. The Morgan fingerprint density at radius 3 is 3.27 bits per heavy atom. The minimum absolute atomic E-state index is 0.344. The first kappa shape index (κ1) is 11.3. The summed E-state index contributed by atoms with van der Waals surface area (Å²) in [6.07, 6.45) is 2.89. The van der Waals surface area contributed by atoms with Crippen LogP contribution in [0.25, 0.3) is 16.5 Å². The van der Waals surface area contributed by atoms with Crippen molar-refractivity contribution in [3.63, 3.8) is 0 Å². The van der Waals surface area contributed by atoms with E-state index in [1.54, 1.807) is 24.4 Å². The van der Waals surface area contributed by atoms with Crippen molar-refractivity contribution < 1.29 is 9.53 Å². The minimum Gasteiger partial charge on any atom is -0.463 e. The van der Waals surface area contributed by atoms with E-state index < -0.39 is 5.97 Å². The molecule has 0 aliphatic carbocycles. The van der Waals surface area contributed by atoms with Gasteiger partial charge in [-0.2, -0.15) is 0 Å². The topological polar surface area (TPSA) is 75.1 Å². The van der Waals surface area contributed by atoms with E-state index >= 15 is 0 Å². The molecule has 5 nitrogen and oxygen atoms in total. The van der Waals surface area contributed by atoms with E-state index in [4.69, 9.17) is 10.3 Å². The molecule has 0 bridgehead atoms. The molecular formula is C9H9N3O2S. The number of ether oxygens (including phenoxy) is 1. The first-order chi connectivity index (χ1) is 7.27. The molecule has 1 heterocycles. The quantitative estimate of drug-likeness (QED) is 0.258. The summed E-state index contributed by atoms with van der Waals surface area (Å²) in [5.41, 5.74) is 8.79. The number of hydrogen-bond donors (Lipinski definition) is 0. The molecule has 0 unspecified atom stereocenters. The number of hydrogen-bond acceptors (Lipinski definition) is 4. The zero-order valence-corrected chi connectivity index (χ0v) is 8.90. The molecule has 0 spiro atoms. The summed E-state index contributed by atoms with van der Waals surface area (Å²) in [5.74, 6) is -0.405. The smallest absolute Gasteiger partial charge is 0.330 e. The van der Waals surface area contributed by atoms with Gasteiger partial charge in [0.15, 0.2) is 0 Å². The second-order valence-corrected chi connectivity index (χ2v) is 3.39. The second kappa shape index (κ2) is 5.85. The molecule has 0 radical (unpaired) electrons. The maximum absolute atomic E-state index is 11.0. The Balaban J connectivity index is 2.75. The Hall–Kier alpha value is -1.78. The molecule has 78 valence electrons. The van der Waals surface area contributed by atoms with Crippen LogP contribution in [0.3, 0.4) is 0 Å². The maximum atomic E-state index is 11.0. The summed E-state index contributed by atoms with van der Waals surface area (Å²) in [6.45, 7) is 2.08. The van der Waals surface area contributed by atoms with Crippen molar-refractivity contribution in [2.24, 2.45) is 5.11 Å². The summed E-state index contributed by atoms with van der Waals surface area (Å²) in [6, 6.07) is 1.69. The molecule has 6 heteroatoms. The van der Waals surface area contributed by atoms with Gasteiger partial charge in [-0.15, -0.1) is 11.3 Å². The van der Waals surface area contributed by atoms with E-state index in [-0.39, 0.29) is 0 Å². The number of azide groups is 1. The molecule has 0 amide bonds. The van der Waals surface area contributed by atoms with Crippen molar-refractivity contribution in [2.45, 2.75) is 6.92 Å². The van der Waals surface area contributed by atoms with E-state index in [1.165, 1.54) is 17.4 Å². The van der Waals surface area contributed by atoms with Crippen LogP contribution in [0.15, 0.2) is 22.6 Å². The molecule has 0 atom stereocenters. The number of carbonyl (C=O) groups excluding carboxylic acids is 1. The lowest BCUT2D eigenvalue weighted by Gasteiger charge is -1.94. The molecule has 0 aliphatic heterocycles. The number of carbonyl (C=O) groups is 1. The third-order valence-corrected chi connectivity index (χ3v) is 2.35. The molecule has 1 aromatic rings. The second-order valence-electron chi connectivity index (χ2n) is 2.44. The zero-order valence-electron chi connectivity index (χ0n) is 8.08. The van der Waals surface area contributed by atoms with Gasteiger partial charge in [-0.3, -0.25) is 0 Å². The Morgan fingerprint density at radius 1 is 1.80 bits per heavy atom. The Morgan fingerprint density at radius 2 is 2.60 bits per heavy atom. The first-order valence-corrected chi connectivity index (χ1v) is 5.13. The SMILES string of the molecule is CCOC(=O)/C=C/c1sccc1N=[N+]=[N-]. The van der Waals surface area contributed by atoms with Gasteiger partial charge in [0.1, 0.15) is 0 Å². The summed E-state index contributed by atoms with van der Waals surface area (Å²) in [4.78, 5) is 14.4. The number of rotatable bonds is 4. The van der Waals surface area contributed by atoms with Crippen LogP contribution in [0.2, 0.25) is 0 Å². The highest BCUT2D eigenvalue weighted by Crippen LogP contribution is 2.26. The number of esters is 1. The van der Waals surface area contributed by atoms with Gasteiger partial charge < -0.3 is 4.74 Å². The summed E-state index contributed by atoms with van der Waals surface area (Å²) in [5, 5.41) is 5.26. The van der Waals surface area contributed by atoms with Gasteiger partial charge in [-0.05, 0) is 30.0 Å². The fraction of sp³-hybridized carbons (Fsp3) is 0.222. The lowest BCUT2D eigenvalue weighted by atomic mass is 10.3. The monoisotopic (exact) mass is 223 g/mol. The van der Waals surface area contributed by atoms with Crippen LogP contribution in [0.4, 0.5) is 5.69 Å². The average Bonchev–Trinajstić information content (AvgIpc) is 2.64. The van der Waals surface area contributed by atoms with Crippen LogP contribution in [-0.4, -0.2) is 12.6 Å². The summed E-state index contributed by atoms with van der Waals surface area (Å²) < 4.78 is 4.72. The highest BCUT2D eigenvalue weighted by atomic mass is 32.1. The zero-order chi connectivity index (χ0) is 11.1. The molecule has 0 aromatic carbocycles. The van der Waals surface area contributed by atoms with Gasteiger partial charge in [0.05, 0.1) is 12.3 Å². The van der Waals surface area contributed by atoms with Crippen molar-refractivity contribution >= 4 is 29.1 Å². The predicted molar refractivity (Wildman–Crippen MR) is 58.8 cm³/mol. The average molecular weight is 223 g/mol. The summed E-state index contributed by atoms with van der Waals surface area (Å²) >= 11 is 1.39. The third kappa shape index (κ3) is 3.46. The van der Waals surface area contributed by atoms with Crippen molar-refractivity contribution in [3.8, 4) is 0 Å². The molecular weight excluding hydrogens is 214 g/mol. The fourth-order valence-corrected chi connectivity index (χ4v) is 1.62. The first-order valence-electron chi connectivity index (χ1n) is 4.25.